The normalized spacial score (nSPS) is 23.4. The smallest absolute Gasteiger partial charge is 0.220 e. The Labute approximate surface area is 86.2 Å². The second-order valence-corrected chi connectivity index (χ2v) is 4.05. The molecule has 14 heavy (non-hydrogen) atoms. The summed E-state index contributed by atoms with van der Waals surface area (Å²) in [5.74, 6) is 0.162. The van der Waals surface area contributed by atoms with Gasteiger partial charge in [0.2, 0.25) is 5.91 Å². The van der Waals surface area contributed by atoms with E-state index in [1.165, 1.54) is 0 Å². The Morgan fingerprint density at radius 2 is 2.43 bits per heavy atom. The molecule has 0 unspecified atom stereocenters. The van der Waals surface area contributed by atoms with Gasteiger partial charge in [0.05, 0.1) is 6.10 Å². The Morgan fingerprint density at radius 1 is 1.64 bits per heavy atom. The topological polar surface area (TPSA) is 38.3 Å². The molecule has 0 bridgehead atoms. The molecule has 0 aliphatic carbocycles. The summed E-state index contributed by atoms with van der Waals surface area (Å²) in [6, 6.07) is 0.298. The molecule has 3 heteroatoms. The summed E-state index contributed by atoms with van der Waals surface area (Å²) in [4.78, 5) is 11.4. The van der Waals surface area contributed by atoms with Gasteiger partial charge in [-0.25, -0.2) is 0 Å². The molecular formula is C11H21NO2. The first-order chi connectivity index (χ1) is 6.72. The van der Waals surface area contributed by atoms with Crippen LogP contribution in [0.5, 0.6) is 0 Å². The van der Waals surface area contributed by atoms with Gasteiger partial charge in [0.25, 0.3) is 0 Å². The minimum absolute atomic E-state index is 0.162. The molecule has 1 N–H and O–H groups in total. The SMILES string of the molecule is CC[C@H](C)NC(=O)CC[C@@H]1CCCO1. The quantitative estimate of drug-likeness (QED) is 0.734. The number of amides is 1. The molecule has 3 nitrogen and oxygen atoms in total. The monoisotopic (exact) mass is 199 g/mol. The molecular weight excluding hydrogens is 178 g/mol. The summed E-state index contributed by atoms with van der Waals surface area (Å²) < 4.78 is 5.45. The Kier molecular flexibility index (Phi) is 4.94. The van der Waals surface area contributed by atoms with E-state index in [9.17, 15) is 4.79 Å². The molecule has 0 aromatic carbocycles. The van der Waals surface area contributed by atoms with Crippen molar-refractivity contribution in [3.05, 3.63) is 0 Å². The van der Waals surface area contributed by atoms with Crippen LogP contribution in [0.1, 0.15) is 46.0 Å². The standard InChI is InChI=1S/C11H21NO2/c1-3-9(2)12-11(13)7-6-10-5-4-8-14-10/h9-10H,3-8H2,1-2H3,(H,12,13)/t9-,10-/m0/s1. The molecule has 0 radical (unpaired) electrons. The number of ether oxygens (including phenoxy) is 1. The van der Waals surface area contributed by atoms with Crippen molar-refractivity contribution in [1.82, 2.24) is 5.32 Å². The number of nitrogens with one attached hydrogen (secondary N) is 1. The fourth-order valence-corrected chi connectivity index (χ4v) is 1.61. The van der Waals surface area contributed by atoms with Crippen LogP contribution >= 0.6 is 0 Å². The molecule has 1 aliphatic rings. The minimum atomic E-state index is 0.162. The Hall–Kier alpha value is -0.570. The fourth-order valence-electron chi connectivity index (χ4n) is 1.61. The van der Waals surface area contributed by atoms with E-state index in [0.29, 0.717) is 18.6 Å². The van der Waals surface area contributed by atoms with Crippen molar-refractivity contribution in [2.45, 2.75) is 58.1 Å². The first-order valence-electron chi connectivity index (χ1n) is 5.63. The highest BCUT2D eigenvalue weighted by Gasteiger charge is 2.16. The summed E-state index contributed by atoms with van der Waals surface area (Å²) in [5, 5.41) is 2.96. The van der Waals surface area contributed by atoms with Gasteiger partial charge in [-0.2, -0.15) is 0 Å². The van der Waals surface area contributed by atoms with E-state index in [1.807, 2.05) is 6.92 Å². The van der Waals surface area contributed by atoms with Gasteiger partial charge < -0.3 is 10.1 Å². The van der Waals surface area contributed by atoms with Crippen LogP contribution in [0.2, 0.25) is 0 Å². The second kappa shape index (κ2) is 6.02. The highest BCUT2D eigenvalue weighted by molar-refractivity contribution is 5.76. The summed E-state index contributed by atoms with van der Waals surface area (Å²) in [6.07, 6.45) is 5.08. The lowest BCUT2D eigenvalue weighted by atomic mass is 10.1. The van der Waals surface area contributed by atoms with Gasteiger partial charge >= 0.3 is 0 Å². The Bertz CT molecular complexity index is 176. The van der Waals surface area contributed by atoms with E-state index in [-0.39, 0.29) is 5.91 Å². The molecule has 1 saturated heterocycles. The first-order valence-corrected chi connectivity index (χ1v) is 5.63. The molecule has 0 aromatic heterocycles. The second-order valence-electron chi connectivity index (χ2n) is 4.05. The van der Waals surface area contributed by atoms with E-state index >= 15 is 0 Å². The zero-order valence-corrected chi connectivity index (χ0v) is 9.21. The van der Waals surface area contributed by atoms with E-state index in [4.69, 9.17) is 4.74 Å². The average Bonchev–Trinajstić information content (AvgIpc) is 2.67. The molecule has 1 heterocycles. The predicted molar refractivity (Wildman–Crippen MR) is 56.1 cm³/mol. The molecule has 1 fully saturated rings. The number of rotatable bonds is 5. The van der Waals surface area contributed by atoms with Crippen LogP contribution in [0, 0.1) is 0 Å². The largest absolute Gasteiger partial charge is 0.378 e. The van der Waals surface area contributed by atoms with Crippen molar-refractivity contribution in [3.8, 4) is 0 Å². The van der Waals surface area contributed by atoms with Crippen LogP contribution in [-0.2, 0) is 9.53 Å². The van der Waals surface area contributed by atoms with Gasteiger partial charge in [0.15, 0.2) is 0 Å². The molecule has 82 valence electrons. The summed E-state index contributed by atoms with van der Waals surface area (Å²) in [7, 11) is 0. The first kappa shape index (κ1) is 11.5. The van der Waals surface area contributed by atoms with Crippen LogP contribution in [0.4, 0.5) is 0 Å². The molecule has 0 aromatic rings. The maximum atomic E-state index is 11.4. The predicted octanol–water partition coefficient (Wildman–Crippen LogP) is 1.86. The number of hydrogen-bond donors (Lipinski definition) is 1. The van der Waals surface area contributed by atoms with Crippen molar-refractivity contribution >= 4 is 5.91 Å². The van der Waals surface area contributed by atoms with Gasteiger partial charge in [-0.05, 0) is 32.6 Å². The van der Waals surface area contributed by atoms with Crippen molar-refractivity contribution in [1.29, 1.82) is 0 Å². The zero-order valence-electron chi connectivity index (χ0n) is 9.21. The Morgan fingerprint density at radius 3 is 3.00 bits per heavy atom. The summed E-state index contributed by atoms with van der Waals surface area (Å²) >= 11 is 0. The van der Waals surface area contributed by atoms with Crippen LogP contribution in [0.25, 0.3) is 0 Å². The summed E-state index contributed by atoms with van der Waals surface area (Å²) in [6.45, 7) is 4.98. The zero-order chi connectivity index (χ0) is 10.4. The van der Waals surface area contributed by atoms with Crippen molar-refractivity contribution in [2.75, 3.05) is 6.61 Å². The van der Waals surface area contributed by atoms with Gasteiger partial charge in [-0.1, -0.05) is 6.92 Å². The van der Waals surface area contributed by atoms with Gasteiger partial charge in [0.1, 0.15) is 0 Å². The van der Waals surface area contributed by atoms with Crippen LogP contribution in [0.3, 0.4) is 0 Å². The molecule has 0 spiro atoms. The fraction of sp³-hybridized carbons (Fsp3) is 0.909. The third-order valence-electron chi connectivity index (χ3n) is 2.74. The van der Waals surface area contributed by atoms with E-state index < -0.39 is 0 Å². The van der Waals surface area contributed by atoms with Gasteiger partial charge in [0, 0.05) is 19.1 Å². The van der Waals surface area contributed by atoms with E-state index in [2.05, 4.69) is 12.2 Å². The lowest BCUT2D eigenvalue weighted by molar-refractivity contribution is -0.122. The highest BCUT2D eigenvalue weighted by Crippen LogP contribution is 2.16. The Balaban J connectivity index is 2.08. The van der Waals surface area contributed by atoms with Crippen molar-refractivity contribution < 1.29 is 9.53 Å². The van der Waals surface area contributed by atoms with Crippen LogP contribution in [-0.4, -0.2) is 24.7 Å². The third-order valence-corrected chi connectivity index (χ3v) is 2.74. The maximum absolute atomic E-state index is 11.4. The van der Waals surface area contributed by atoms with E-state index in [1.54, 1.807) is 0 Å². The minimum Gasteiger partial charge on any atom is -0.378 e. The van der Waals surface area contributed by atoms with Crippen molar-refractivity contribution in [2.24, 2.45) is 0 Å². The number of carbonyl (C=O) groups is 1. The van der Waals surface area contributed by atoms with E-state index in [0.717, 1.165) is 32.3 Å². The number of carbonyl (C=O) groups excluding carboxylic acids is 1. The molecule has 1 aliphatic heterocycles. The van der Waals surface area contributed by atoms with Crippen molar-refractivity contribution in [3.63, 3.8) is 0 Å². The molecule has 2 atom stereocenters. The number of hydrogen-bond acceptors (Lipinski definition) is 2. The molecule has 1 amide bonds. The summed E-state index contributed by atoms with van der Waals surface area (Å²) in [5.41, 5.74) is 0. The lowest BCUT2D eigenvalue weighted by Crippen LogP contribution is -2.32. The molecule has 1 rings (SSSR count). The van der Waals surface area contributed by atoms with Gasteiger partial charge in [-0.3, -0.25) is 4.79 Å². The van der Waals surface area contributed by atoms with Crippen LogP contribution in [0.15, 0.2) is 0 Å². The third kappa shape index (κ3) is 4.09. The van der Waals surface area contributed by atoms with Gasteiger partial charge in [-0.15, -0.1) is 0 Å². The highest BCUT2D eigenvalue weighted by atomic mass is 16.5. The maximum Gasteiger partial charge on any atom is 0.220 e. The average molecular weight is 199 g/mol. The lowest BCUT2D eigenvalue weighted by Gasteiger charge is -2.12. The van der Waals surface area contributed by atoms with Crippen LogP contribution < -0.4 is 5.32 Å². The molecule has 0 saturated carbocycles.